The van der Waals surface area contributed by atoms with Crippen molar-refractivity contribution in [3.05, 3.63) is 69.5 Å². The molecule has 2 fully saturated rings. The minimum atomic E-state index is -1.14. The molecule has 7 heteroatoms. The average Bonchev–Trinajstić information content (AvgIpc) is 3.32. The molecule has 1 saturated carbocycles. The summed E-state index contributed by atoms with van der Waals surface area (Å²) in [6.45, 7) is 0. The molecule has 30 heavy (non-hydrogen) atoms. The van der Waals surface area contributed by atoms with Gasteiger partial charge < -0.3 is 10.8 Å². The lowest BCUT2D eigenvalue weighted by Crippen LogP contribution is -2.51. The van der Waals surface area contributed by atoms with Gasteiger partial charge in [0.2, 0.25) is 0 Å². The second-order valence-electron chi connectivity index (χ2n) is 8.48. The van der Waals surface area contributed by atoms with Gasteiger partial charge in [0.25, 0.3) is 0 Å². The third kappa shape index (κ3) is 3.73. The van der Waals surface area contributed by atoms with Gasteiger partial charge in [0.1, 0.15) is 11.9 Å². The third-order valence-corrected chi connectivity index (χ3v) is 7.32. The molecule has 2 aromatic rings. The number of halogens is 3. The van der Waals surface area contributed by atoms with Crippen LogP contribution in [0.2, 0.25) is 10.0 Å². The van der Waals surface area contributed by atoms with Gasteiger partial charge in [0.05, 0.1) is 10.6 Å². The van der Waals surface area contributed by atoms with Crippen molar-refractivity contribution in [2.45, 2.75) is 55.6 Å². The standard InChI is InChI=1S/C23H25Cl2FN2O2/c24-15-10-8-14(9-11-15)23(27)18(12-13-4-1-2-5-13)28-21(22(29)30)19(23)16-6-3-7-17(25)20(16)26/h3,6-11,13,18-19,21,28H,1-2,4-5,12,27H2,(H,29,30). The summed E-state index contributed by atoms with van der Waals surface area (Å²) in [4.78, 5) is 12.2. The third-order valence-electron chi connectivity index (χ3n) is 6.78. The first kappa shape index (κ1) is 21.6. The van der Waals surface area contributed by atoms with Crippen molar-refractivity contribution in [2.24, 2.45) is 11.7 Å². The zero-order valence-electron chi connectivity index (χ0n) is 16.5. The number of benzene rings is 2. The number of nitrogens with two attached hydrogens (primary N) is 1. The van der Waals surface area contributed by atoms with Gasteiger partial charge >= 0.3 is 5.97 Å². The fraction of sp³-hybridized carbons (Fsp3) is 0.435. The van der Waals surface area contributed by atoms with Gasteiger partial charge in [-0.25, -0.2) is 4.39 Å². The first-order valence-electron chi connectivity index (χ1n) is 10.3. The molecule has 1 aliphatic heterocycles. The van der Waals surface area contributed by atoms with E-state index in [9.17, 15) is 9.90 Å². The van der Waals surface area contributed by atoms with Gasteiger partial charge in [-0.05, 0) is 41.7 Å². The lowest BCUT2D eigenvalue weighted by molar-refractivity contribution is -0.139. The maximum Gasteiger partial charge on any atom is 0.321 e. The first-order chi connectivity index (χ1) is 14.3. The summed E-state index contributed by atoms with van der Waals surface area (Å²) < 4.78 is 15.1. The Bertz CT molecular complexity index is 933. The van der Waals surface area contributed by atoms with Crippen molar-refractivity contribution in [1.82, 2.24) is 5.32 Å². The lowest BCUT2D eigenvalue weighted by Gasteiger charge is -2.38. The molecule has 4 N–H and O–H groups in total. The Hall–Kier alpha value is -1.66. The Labute approximate surface area is 185 Å². The maximum absolute atomic E-state index is 15.1. The van der Waals surface area contributed by atoms with Crippen molar-refractivity contribution in [1.29, 1.82) is 0 Å². The predicted octanol–water partition coefficient (Wildman–Crippen LogP) is 5.08. The Morgan fingerprint density at radius 3 is 2.47 bits per heavy atom. The second-order valence-corrected chi connectivity index (χ2v) is 9.33. The summed E-state index contributed by atoms with van der Waals surface area (Å²) >= 11 is 12.1. The van der Waals surface area contributed by atoms with Crippen LogP contribution in [0, 0.1) is 11.7 Å². The monoisotopic (exact) mass is 450 g/mol. The quantitative estimate of drug-likeness (QED) is 0.593. The summed E-state index contributed by atoms with van der Waals surface area (Å²) in [6.07, 6.45) is 5.28. The van der Waals surface area contributed by atoms with E-state index in [0.29, 0.717) is 10.9 Å². The summed E-state index contributed by atoms with van der Waals surface area (Å²) in [6, 6.07) is 10.4. The van der Waals surface area contributed by atoms with Gasteiger partial charge in [-0.1, -0.05) is 73.2 Å². The van der Waals surface area contributed by atoms with Crippen molar-refractivity contribution < 1.29 is 14.3 Å². The van der Waals surface area contributed by atoms with E-state index in [0.717, 1.165) is 24.8 Å². The molecular formula is C23H25Cl2FN2O2. The number of carbonyl (C=O) groups is 1. The van der Waals surface area contributed by atoms with E-state index in [-0.39, 0.29) is 16.6 Å². The number of carboxylic acids is 1. The van der Waals surface area contributed by atoms with E-state index >= 15 is 4.39 Å². The van der Waals surface area contributed by atoms with Crippen molar-refractivity contribution in [3.8, 4) is 0 Å². The van der Waals surface area contributed by atoms with Crippen LogP contribution in [0.25, 0.3) is 0 Å². The predicted molar refractivity (Wildman–Crippen MR) is 116 cm³/mol. The van der Waals surface area contributed by atoms with E-state index in [2.05, 4.69) is 5.32 Å². The second kappa shape index (κ2) is 8.46. The molecule has 160 valence electrons. The number of carboxylic acid groups (broad SMARTS) is 1. The van der Waals surface area contributed by atoms with Gasteiger partial charge in [-0.3, -0.25) is 10.1 Å². The van der Waals surface area contributed by atoms with Crippen LogP contribution in [0.5, 0.6) is 0 Å². The highest BCUT2D eigenvalue weighted by molar-refractivity contribution is 6.31. The normalized spacial score (nSPS) is 29.4. The summed E-state index contributed by atoms with van der Waals surface area (Å²) in [7, 11) is 0. The molecule has 0 amide bonds. The average molecular weight is 451 g/mol. The molecule has 0 bridgehead atoms. The zero-order chi connectivity index (χ0) is 21.5. The number of hydrogen-bond donors (Lipinski definition) is 3. The molecule has 1 aliphatic carbocycles. The number of nitrogens with one attached hydrogen (secondary N) is 1. The van der Waals surface area contributed by atoms with Gasteiger partial charge in [-0.15, -0.1) is 0 Å². The van der Waals surface area contributed by atoms with Crippen LogP contribution in [0.1, 0.15) is 49.1 Å². The van der Waals surface area contributed by atoms with Gasteiger partial charge in [-0.2, -0.15) is 0 Å². The van der Waals surface area contributed by atoms with Crippen LogP contribution < -0.4 is 11.1 Å². The molecule has 4 rings (SSSR count). The van der Waals surface area contributed by atoms with Crippen LogP contribution in [-0.2, 0) is 10.3 Å². The number of rotatable bonds is 5. The van der Waals surface area contributed by atoms with Crippen molar-refractivity contribution in [2.75, 3.05) is 0 Å². The molecule has 4 unspecified atom stereocenters. The molecule has 1 heterocycles. The molecule has 2 aliphatic rings. The van der Waals surface area contributed by atoms with E-state index in [4.69, 9.17) is 28.9 Å². The Morgan fingerprint density at radius 1 is 1.17 bits per heavy atom. The highest BCUT2D eigenvalue weighted by atomic mass is 35.5. The fourth-order valence-corrected chi connectivity index (χ4v) is 5.62. The summed E-state index contributed by atoms with van der Waals surface area (Å²) in [5.74, 6) is -2.05. The molecule has 1 saturated heterocycles. The minimum absolute atomic E-state index is 0.0469. The topological polar surface area (TPSA) is 75.3 Å². The SMILES string of the molecule is NC1(c2ccc(Cl)cc2)C(CC2CCCC2)NC(C(=O)O)C1c1cccc(Cl)c1F. The van der Waals surface area contributed by atoms with Crippen molar-refractivity contribution >= 4 is 29.2 Å². The van der Waals surface area contributed by atoms with Crippen LogP contribution in [0.3, 0.4) is 0 Å². The van der Waals surface area contributed by atoms with Crippen LogP contribution >= 0.6 is 23.2 Å². The molecule has 4 nitrogen and oxygen atoms in total. The van der Waals surface area contributed by atoms with E-state index in [1.165, 1.54) is 18.9 Å². The van der Waals surface area contributed by atoms with Gasteiger partial charge in [0, 0.05) is 17.0 Å². The Kier molecular flexibility index (Phi) is 6.08. The van der Waals surface area contributed by atoms with Crippen molar-refractivity contribution in [3.63, 3.8) is 0 Å². The lowest BCUT2D eigenvalue weighted by atomic mass is 9.70. The zero-order valence-corrected chi connectivity index (χ0v) is 18.0. The van der Waals surface area contributed by atoms with E-state index < -0.39 is 29.3 Å². The molecule has 0 aromatic heterocycles. The summed E-state index contributed by atoms with van der Waals surface area (Å²) in [5, 5.41) is 13.8. The van der Waals surface area contributed by atoms with Gasteiger partial charge in [0.15, 0.2) is 0 Å². The van der Waals surface area contributed by atoms with Crippen LogP contribution in [0.4, 0.5) is 4.39 Å². The minimum Gasteiger partial charge on any atom is -0.480 e. The molecule has 0 radical (unpaired) electrons. The number of aliphatic carboxylic acids is 1. The summed E-state index contributed by atoms with van der Waals surface area (Å²) in [5.41, 5.74) is 6.91. The Balaban J connectivity index is 1.86. The Morgan fingerprint density at radius 2 is 1.83 bits per heavy atom. The van der Waals surface area contributed by atoms with Crippen LogP contribution in [-0.4, -0.2) is 23.2 Å². The highest BCUT2D eigenvalue weighted by Gasteiger charge is 2.57. The molecule has 2 aromatic carbocycles. The number of hydrogen-bond acceptors (Lipinski definition) is 3. The van der Waals surface area contributed by atoms with Crippen LogP contribution in [0.15, 0.2) is 42.5 Å². The largest absolute Gasteiger partial charge is 0.480 e. The molecule has 4 atom stereocenters. The highest BCUT2D eigenvalue weighted by Crippen LogP contribution is 2.49. The first-order valence-corrected chi connectivity index (χ1v) is 11.1. The fourth-order valence-electron chi connectivity index (χ4n) is 5.32. The molecule has 0 spiro atoms. The smallest absolute Gasteiger partial charge is 0.321 e. The molecular weight excluding hydrogens is 426 g/mol. The van der Waals surface area contributed by atoms with E-state index in [1.54, 1.807) is 24.3 Å². The van der Waals surface area contributed by atoms with E-state index in [1.807, 2.05) is 12.1 Å². The maximum atomic E-state index is 15.1.